The number of anilines is 1. The maximum absolute atomic E-state index is 13.1. The molecule has 9 nitrogen and oxygen atoms in total. The molecule has 4 aromatic carbocycles. The van der Waals surface area contributed by atoms with Gasteiger partial charge in [0.05, 0.1) is 17.6 Å². The van der Waals surface area contributed by atoms with Crippen molar-refractivity contribution in [3.63, 3.8) is 0 Å². The Balaban J connectivity index is 1.52. The lowest BCUT2D eigenvalue weighted by Crippen LogP contribution is -2.32. The van der Waals surface area contributed by atoms with E-state index in [0.717, 1.165) is 10.2 Å². The van der Waals surface area contributed by atoms with E-state index in [1.54, 1.807) is 48.5 Å². The van der Waals surface area contributed by atoms with Crippen molar-refractivity contribution in [2.45, 2.75) is 0 Å². The summed E-state index contributed by atoms with van der Waals surface area (Å²) in [5.41, 5.74) is 5.96. The number of nitrogens with zero attached hydrogens (tertiary/aromatic N) is 4. The lowest BCUT2D eigenvalue weighted by atomic mass is 10.1. The Bertz CT molecular complexity index is 1620. The molecule has 0 radical (unpaired) electrons. The molecule has 41 heavy (non-hydrogen) atoms. The molecule has 0 bridgehead atoms. The number of hydrogen-bond acceptors (Lipinski definition) is 7. The van der Waals surface area contributed by atoms with Gasteiger partial charge in [-0.2, -0.15) is 15.3 Å². The molecule has 206 valence electrons. The molecule has 0 fully saturated rings. The number of phenolic OH excluding ortho intramolecular Hbond substituents is 1. The Labute approximate surface area is 246 Å². The van der Waals surface area contributed by atoms with E-state index in [4.69, 9.17) is 0 Å². The van der Waals surface area contributed by atoms with Crippen LogP contribution in [0, 0.1) is 0 Å². The maximum atomic E-state index is 13.1. The van der Waals surface area contributed by atoms with E-state index in [2.05, 4.69) is 42.0 Å². The van der Waals surface area contributed by atoms with Gasteiger partial charge < -0.3 is 15.3 Å². The topological polar surface area (TPSA) is 119 Å². The van der Waals surface area contributed by atoms with Gasteiger partial charge in [-0.1, -0.05) is 52.3 Å². The average molecular weight is 612 g/mol. The molecule has 0 unspecified atom stereocenters. The van der Waals surface area contributed by atoms with E-state index in [1.165, 1.54) is 12.3 Å². The summed E-state index contributed by atoms with van der Waals surface area (Å²) in [5, 5.41) is 25.3. The minimum Gasteiger partial charge on any atom is -0.507 e. The minimum atomic E-state index is -0.646. The number of rotatable bonds is 9. The molecule has 0 aromatic heterocycles. The first-order valence-corrected chi connectivity index (χ1v) is 13.3. The number of benzene rings is 4. The van der Waals surface area contributed by atoms with Crippen LogP contribution >= 0.6 is 15.9 Å². The molecule has 3 N–H and O–H groups in total. The summed E-state index contributed by atoms with van der Waals surface area (Å²) >= 11 is 3.40. The highest BCUT2D eigenvalue weighted by Crippen LogP contribution is 2.25. The van der Waals surface area contributed by atoms with Gasteiger partial charge in [0, 0.05) is 35.4 Å². The summed E-state index contributed by atoms with van der Waals surface area (Å²) in [7, 11) is 3.86. The molecule has 0 aliphatic carbocycles. The van der Waals surface area contributed by atoms with Crippen LogP contribution in [-0.4, -0.2) is 37.2 Å². The summed E-state index contributed by atoms with van der Waals surface area (Å²) in [5.74, 6) is -1.15. The van der Waals surface area contributed by atoms with Crippen molar-refractivity contribution < 1.29 is 14.7 Å². The number of aromatic hydroxyl groups is 1. The fraction of sp³-hybridized carbons (Fsp3) is 0.0645. The van der Waals surface area contributed by atoms with Gasteiger partial charge >= 0.3 is 0 Å². The molecule has 0 aliphatic rings. The van der Waals surface area contributed by atoms with Gasteiger partial charge in [0.15, 0.2) is 0 Å². The number of halogens is 1. The van der Waals surface area contributed by atoms with E-state index in [9.17, 15) is 14.7 Å². The number of hydrogen-bond donors (Lipinski definition) is 3. The van der Waals surface area contributed by atoms with Crippen LogP contribution in [0.1, 0.15) is 21.5 Å². The Morgan fingerprint density at radius 3 is 2.24 bits per heavy atom. The Morgan fingerprint density at radius 2 is 1.56 bits per heavy atom. The van der Waals surface area contributed by atoms with E-state index in [-0.39, 0.29) is 11.4 Å². The highest BCUT2D eigenvalue weighted by Gasteiger charge is 2.14. The third-order valence-corrected chi connectivity index (χ3v) is 6.21. The first-order valence-electron chi connectivity index (χ1n) is 12.5. The molecule has 0 saturated heterocycles. The van der Waals surface area contributed by atoms with Crippen molar-refractivity contribution in [1.82, 2.24) is 10.7 Å². The molecule has 0 atom stereocenters. The van der Waals surface area contributed by atoms with Gasteiger partial charge in [0.1, 0.15) is 11.4 Å². The fourth-order valence-corrected chi connectivity index (χ4v) is 3.95. The van der Waals surface area contributed by atoms with Crippen LogP contribution in [0.15, 0.2) is 123 Å². The standard InChI is InChI=1S/C31H27BrN6O3/c1-38(2)27-14-11-21(12-15-27)17-28(34-30(40)22-7-4-3-5-8-22)31(41)37-33-20-23-18-26(13-16-29(23)39)36-35-25-10-6-9-24(32)19-25/h3-20,39H,1-2H3,(H,34,40)(H,37,41). The molecule has 0 heterocycles. The number of hydrazone groups is 1. The minimum absolute atomic E-state index is 0.00518. The maximum Gasteiger partial charge on any atom is 0.287 e. The van der Waals surface area contributed by atoms with Gasteiger partial charge in [0.25, 0.3) is 11.8 Å². The van der Waals surface area contributed by atoms with E-state index < -0.39 is 11.8 Å². The zero-order valence-corrected chi connectivity index (χ0v) is 23.9. The van der Waals surface area contributed by atoms with Crippen LogP contribution in [0.5, 0.6) is 5.75 Å². The number of phenols is 1. The summed E-state index contributed by atoms with van der Waals surface area (Å²) in [6, 6.07) is 28.1. The van der Waals surface area contributed by atoms with Crippen molar-refractivity contribution in [2.24, 2.45) is 15.3 Å². The van der Waals surface area contributed by atoms with Crippen molar-refractivity contribution >= 4 is 57.1 Å². The van der Waals surface area contributed by atoms with Crippen LogP contribution in [0.25, 0.3) is 6.08 Å². The smallest absolute Gasteiger partial charge is 0.287 e. The zero-order valence-electron chi connectivity index (χ0n) is 22.3. The number of azo groups is 1. The predicted octanol–water partition coefficient (Wildman–Crippen LogP) is 6.56. The second kappa shape index (κ2) is 13.8. The largest absolute Gasteiger partial charge is 0.507 e. The van der Waals surface area contributed by atoms with E-state index >= 15 is 0 Å². The molecule has 4 aromatic rings. The number of carbonyl (C=O) groups excluding carboxylic acids is 2. The van der Waals surface area contributed by atoms with Crippen LogP contribution in [0.4, 0.5) is 17.1 Å². The highest BCUT2D eigenvalue weighted by molar-refractivity contribution is 9.10. The predicted molar refractivity (Wildman–Crippen MR) is 165 cm³/mol. The second-order valence-electron chi connectivity index (χ2n) is 8.99. The van der Waals surface area contributed by atoms with Crippen molar-refractivity contribution in [2.75, 3.05) is 19.0 Å². The summed E-state index contributed by atoms with van der Waals surface area (Å²) in [6.07, 6.45) is 2.85. The third-order valence-electron chi connectivity index (χ3n) is 5.72. The van der Waals surface area contributed by atoms with Crippen molar-refractivity contribution in [3.8, 4) is 5.75 Å². The van der Waals surface area contributed by atoms with Gasteiger partial charge in [0.2, 0.25) is 0 Å². The lowest BCUT2D eigenvalue weighted by molar-refractivity contribution is -0.117. The number of amides is 2. The third kappa shape index (κ3) is 8.45. The van der Waals surface area contributed by atoms with Gasteiger partial charge in [-0.3, -0.25) is 9.59 Å². The fourth-order valence-electron chi connectivity index (χ4n) is 3.56. The second-order valence-corrected chi connectivity index (χ2v) is 9.90. The first-order chi connectivity index (χ1) is 19.8. The Kier molecular flexibility index (Phi) is 9.74. The molecule has 2 amide bonds. The average Bonchev–Trinajstić information content (AvgIpc) is 2.97. The quantitative estimate of drug-likeness (QED) is 0.0860. The van der Waals surface area contributed by atoms with Gasteiger partial charge in [-0.05, 0) is 72.3 Å². The molecular weight excluding hydrogens is 584 g/mol. The molecule has 0 spiro atoms. The highest BCUT2D eigenvalue weighted by atomic mass is 79.9. The summed E-state index contributed by atoms with van der Waals surface area (Å²) in [4.78, 5) is 27.9. The van der Waals surface area contributed by atoms with Crippen LogP contribution in [-0.2, 0) is 4.79 Å². The van der Waals surface area contributed by atoms with Crippen molar-refractivity contribution in [1.29, 1.82) is 0 Å². The molecule has 0 aliphatic heterocycles. The van der Waals surface area contributed by atoms with Crippen LogP contribution < -0.4 is 15.6 Å². The summed E-state index contributed by atoms with van der Waals surface area (Å²) < 4.78 is 0.877. The number of nitrogens with one attached hydrogen (secondary N) is 2. The van der Waals surface area contributed by atoms with Crippen molar-refractivity contribution in [3.05, 3.63) is 124 Å². The first kappa shape index (κ1) is 28.9. The lowest BCUT2D eigenvalue weighted by Gasteiger charge is -2.12. The van der Waals surface area contributed by atoms with E-state index in [1.807, 2.05) is 67.5 Å². The molecule has 0 saturated carbocycles. The SMILES string of the molecule is CN(C)c1ccc(C=C(NC(=O)c2ccccc2)C(=O)NN=Cc2cc(N=Nc3cccc(Br)c3)ccc2O)cc1. The monoisotopic (exact) mass is 610 g/mol. The van der Waals surface area contributed by atoms with Crippen LogP contribution in [0.3, 0.4) is 0 Å². The normalized spacial score (nSPS) is 11.5. The molecule has 4 rings (SSSR count). The van der Waals surface area contributed by atoms with Crippen LogP contribution in [0.2, 0.25) is 0 Å². The molecule has 10 heteroatoms. The van der Waals surface area contributed by atoms with Gasteiger partial charge in [-0.25, -0.2) is 5.43 Å². The van der Waals surface area contributed by atoms with E-state index in [0.29, 0.717) is 28.1 Å². The summed E-state index contributed by atoms with van der Waals surface area (Å²) in [6.45, 7) is 0. The number of carbonyl (C=O) groups is 2. The van der Waals surface area contributed by atoms with Gasteiger partial charge in [-0.15, -0.1) is 0 Å². The zero-order chi connectivity index (χ0) is 29.2. The molecular formula is C31H27BrN6O3. The Hall–Kier alpha value is -5.09. The Morgan fingerprint density at radius 1 is 0.854 bits per heavy atom.